The molecule has 1 N–H and O–H groups in total. The van der Waals surface area contributed by atoms with Crippen molar-refractivity contribution in [3.8, 4) is 0 Å². The topological polar surface area (TPSA) is 70.8 Å². The zero-order valence-electron chi connectivity index (χ0n) is 11.6. The highest BCUT2D eigenvalue weighted by atomic mass is 16.4. The molecule has 108 valence electrons. The van der Waals surface area contributed by atoms with Gasteiger partial charge in [-0.1, -0.05) is 18.2 Å². The lowest BCUT2D eigenvalue weighted by Crippen LogP contribution is -2.37. The minimum Gasteiger partial charge on any atom is -0.475 e. The summed E-state index contributed by atoms with van der Waals surface area (Å²) in [5.41, 5.74) is 2.53. The average molecular weight is 285 g/mol. The zero-order valence-corrected chi connectivity index (χ0v) is 11.6. The van der Waals surface area contributed by atoms with Crippen molar-refractivity contribution in [1.82, 2.24) is 4.90 Å². The highest BCUT2D eigenvalue weighted by molar-refractivity contribution is 5.96. The number of furan rings is 1. The summed E-state index contributed by atoms with van der Waals surface area (Å²) < 4.78 is 5.18. The lowest BCUT2D eigenvalue weighted by molar-refractivity contribution is 0.0659. The van der Waals surface area contributed by atoms with Crippen LogP contribution in [0.5, 0.6) is 0 Å². The maximum absolute atomic E-state index is 12.5. The lowest BCUT2D eigenvalue weighted by atomic mass is 9.99. The number of hydrogen-bond acceptors (Lipinski definition) is 3. The molecule has 1 aliphatic rings. The van der Waals surface area contributed by atoms with Crippen molar-refractivity contribution >= 4 is 11.9 Å². The molecular formula is C16H15NO4. The van der Waals surface area contributed by atoms with Crippen LogP contribution in [-0.2, 0) is 13.0 Å². The van der Waals surface area contributed by atoms with E-state index in [-0.39, 0.29) is 11.7 Å². The summed E-state index contributed by atoms with van der Waals surface area (Å²) in [6, 6.07) is 9.07. The Labute approximate surface area is 121 Å². The van der Waals surface area contributed by atoms with Crippen LogP contribution in [0.1, 0.15) is 37.8 Å². The van der Waals surface area contributed by atoms with Crippen molar-refractivity contribution in [1.29, 1.82) is 0 Å². The van der Waals surface area contributed by atoms with Crippen LogP contribution in [0.4, 0.5) is 0 Å². The Morgan fingerprint density at radius 2 is 2.14 bits per heavy atom. The van der Waals surface area contributed by atoms with E-state index < -0.39 is 5.97 Å². The van der Waals surface area contributed by atoms with E-state index in [0.29, 0.717) is 18.8 Å². The summed E-state index contributed by atoms with van der Waals surface area (Å²) in [5.74, 6) is -0.666. The van der Waals surface area contributed by atoms with Crippen LogP contribution in [0.2, 0.25) is 0 Å². The van der Waals surface area contributed by atoms with Crippen molar-refractivity contribution < 1.29 is 19.1 Å². The number of carboxylic acids is 1. The Morgan fingerprint density at radius 1 is 1.38 bits per heavy atom. The fourth-order valence-corrected chi connectivity index (χ4v) is 2.61. The largest absolute Gasteiger partial charge is 0.475 e. The standard InChI is InChI=1S/C16H15NO4/c1-10-12(8-14(21-10)16(19)20)9-17-7-6-11-4-2-3-5-13(11)15(17)18/h2-5,8H,6-7,9H2,1H3,(H,19,20). The van der Waals surface area contributed by atoms with Gasteiger partial charge in [0.15, 0.2) is 0 Å². The fraction of sp³-hybridized carbons (Fsp3) is 0.250. The molecule has 2 heterocycles. The first-order valence-electron chi connectivity index (χ1n) is 6.76. The molecule has 0 unspecified atom stereocenters. The predicted molar refractivity (Wildman–Crippen MR) is 75.3 cm³/mol. The molecule has 0 saturated heterocycles. The molecule has 21 heavy (non-hydrogen) atoms. The minimum absolute atomic E-state index is 0.0191. The van der Waals surface area contributed by atoms with Gasteiger partial charge in [-0.05, 0) is 31.0 Å². The monoisotopic (exact) mass is 285 g/mol. The van der Waals surface area contributed by atoms with E-state index >= 15 is 0 Å². The van der Waals surface area contributed by atoms with E-state index in [1.807, 2.05) is 24.3 Å². The molecule has 5 heteroatoms. The van der Waals surface area contributed by atoms with E-state index in [1.54, 1.807) is 11.8 Å². The molecule has 1 aromatic carbocycles. The van der Waals surface area contributed by atoms with Crippen LogP contribution in [0.15, 0.2) is 34.7 Å². The van der Waals surface area contributed by atoms with E-state index in [0.717, 1.165) is 23.1 Å². The second-order valence-electron chi connectivity index (χ2n) is 5.13. The van der Waals surface area contributed by atoms with Gasteiger partial charge in [-0.25, -0.2) is 4.79 Å². The smallest absolute Gasteiger partial charge is 0.371 e. The van der Waals surface area contributed by atoms with Crippen molar-refractivity contribution in [3.63, 3.8) is 0 Å². The average Bonchev–Trinajstić information content (AvgIpc) is 2.84. The molecule has 0 aliphatic carbocycles. The van der Waals surface area contributed by atoms with Gasteiger partial charge >= 0.3 is 5.97 Å². The fourth-order valence-electron chi connectivity index (χ4n) is 2.61. The number of rotatable bonds is 3. The van der Waals surface area contributed by atoms with Gasteiger partial charge < -0.3 is 14.4 Å². The molecular weight excluding hydrogens is 270 g/mol. The Hall–Kier alpha value is -2.56. The Morgan fingerprint density at radius 3 is 2.86 bits per heavy atom. The Balaban J connectivity index is 1.84. The summed E-state index contributed by atoms with van der Waals surface area (Å²) in [7, 11) is 0. The Bertz CT molecular complexity index is 717. The van der Waals surface area contributed by atoms with Gasteiger partial charge in [0.2, 0.25) is 5.76 Å². The maximum atomic E-state index is 12.5. The summed E-state index contributed by atoms with van der Waals surface area (Å²) in [5, 5.41) is 8.94. The number of aromatic carboxylic acids is 1. The van der Waals surface area contributed by atoms with Gasteiger partial charge in [-0.2, -0.15) is 0 Å². The third-order valence-corrected chi connectivity index (χ3v) is 3.78. The molecule has 3 rings (SSSR count). The van der Waals surface area contributed by atoms with Crippen LogP contribution in [-0.4, -0.2) is 28.4 Å². The van der Waals surface area contributed by atoms with Gasteiger partial charge in [0.25, 0.3) is 5.91 Å². The number of carboxylic acid groups (broad SMARTS) is 1. The molecule has 2 aromatic rings. The van der Waals surface area contributed by atoms with Crippen LogP contribution in [0.3, 0.4) is 0 Å². The van der Waals surface area contributed by atoms with Crippen LogP contribution >= 0.6 is 0 Å². The summed E-state index contributed by atoms with van der Waals surface area (Å²) in [6.45, 7) is 2.71. The van der Waals surface area contributed by atoms with Crippen molar-refractivity contribution in [2.75, 3.05) is 6.54 Å². The van der Waals surface area contributed by atoms with Gasteiger partial charge in [0, 0.05) is 24.2 Å². The summed E-state index contributed by atoms with van der Waals surface area (Å²) in [6.07, 6.45) is 0.810. The predicted octanol–water partition coefficient (Wildman–Crippen LogP) is 2.48. The third kappa shape index (κ3) is 2.42. The van der Waals surface area contributed by atoms with E-state index in [2.05, 4.69) is 0 Å². The summed E-state index contributed by atoms with van der Waals surface area (Å²) >= 11 is 0. The molecule has 0 radical (unpaired) electrons. The molecule has 0 spiro atoms. The van der Waals surface area contributed by atoms with Gasteiger partial charge in [-0.15, -0.1) is 0 Å². The summed E-state index contributed by atoms with van der Waals surface area (Å²) in [4.78, 5) is 25.1. The molecule has 1 aromatic heterocycles. The van der Waals surface area contributed by atoms with Crippen LogP contribution < -0.4 is 0 Å². The van der Waals surface area contributed by atoms with E-state index in [9.17, 15) is 9.59 Å². The van der Waals surface area contributed by atoms with Crippen molar-refractivity contribution in [2.45, 2.75) is 19.9 Å². The second-order valence-corrected chi connectivity index (χ2v) is 5.13. The number of aryl methyl sites for hydroxylation is 1. The number of hydrogen-bond donors (Lipinski definition) is 1. The normalized spacial score (nSPS) is 14.1. The highest BCUT2D eigenvalue weighted by Crippen LogP contribution is 2.23. The zero-order chi connectivity index (χ0) is 15.0. The lowest BCUT2D eigenvalue weighted by Gasteiger charge is -2.28. The molecule has 0 bridgehead atoms. The van der Waals surface area contributed by atoms with Crippen molar-refractivity contribution in [3.05, 3.63) is 58.5 Å². The van der Waals surface area contributed by atoms with E-state index in [1.165, 1.54) is 6.07 Å². The van der Waals surface area contributed by atoms with Crippen LogP contribution in [0, 0.1) is 6.92 Å². The third-order valence-electron chi connectivity index (χ3n) is 3.78. The number of amides is 1. The Kier molecular flexibility index (Phi) is 3.25. The molecule has 1 amide bonds. The molecule has 1 aliphatic heterocycles. The number of nitrogens with zero attached hydrogens (tertiary/aromatic N) is 1. The number of carbonyl (C=O) groups is 2. The first-order chi connectivity index (χ1) is 10.1. The first kappa shape index (κ1) is 13.4. The van der Waals surface area contributed by atoms with Crippen molar-refractivity contribution in [2.24, 2.45) is 0 Å². The molecule has 5 nitrogen and oxygen atoms in total. The SMILES string of the molecule is Cc1oc(C(=O)O)cc1CN1CCc2ccccc2C1=O. The molecule has 0 fully saturated rings. The number of benzene rings is 1. The number of fused-ring (bicyclic) bond motifs is 1. The molecule has 0 atom stereocenters. The molecule has 0 saturated carbocycles. The van der Waals surface area contributed by atoms with Gasteiger partial charge in [0.1, 0.15) is 5.76 Å². The number of carbonyl (C=O) groups excluding carboxylic acids is 1. The quantitative estimate of drug-likeness (QED) is 0.940. The second kappa shape index (κ2) is 5.09. The first-order valence-corrected chi connectivity index (χ1v) is 6.76. The minimum atomic E-state index is -1.10. The highest BCUT2D eigenvalue weighted by Gasteiger charge is 2.25. The van der Waals surface area contributed by atoms with Gasteiger partial charge in [0.05, 0.1) is 0 Å². The van der Waals surface area contributed by atoms with E-state index in [4.69, 9.17) is 9.52 Å². The van der Waals surface area contributed by atoms with Crippen LogP contribution in [0.25, 0.3) is 0 Å². The van der Waals surface area contributed by atoms with Gasteiger partial charge in [-0.3, -0.25) is 4.79 Å². The maximum Gasteiger partial charge on any atom is 0.371 e.